The Morgan fingerprint density at radius 3 is 2.33 bits per heavy atom. The fourth-order valence-electron chi connectivity index (χ4n) is 2.77. The lowest BCUT2D eigenvalue weighted by Crippen LogP contribution is -2.49. The van der Waals surface area contributed by atoms with Gasteiger partial charge in [0.15, 0.2) is 5.56 Å². The summed E-state index contributed by atoms with van der Waals surface area (Å²) in [5.74, 6) is 0.328. The second-order valence-electron chi connectivity index (χ2n) is 5.82. The maximum Gasteiger partial charge on any atom is 0.332 e. The monoisotopic (exact) mass is 334 g/mol. The number of carbonyl (C=O) groups excluding carboxylic acids is 1. The van der Waals surface area contributed by atoms with Gasteiger partial charge in [-0.3, -0.25) is 23.6 Å². The molecule has 2 rings (SSSR count). The van der Waals surface area contributed by atoms with Crippen molar-refractivity contribution in [2.45, 2.75) is 6.92 Å². The van der Waals surface area contributed by atoms with Crippen LogP contribution < -0.4 is 16.6 Å². The number of nitrogens with zero attached hydrogens (tertiary/aromatic N) is 5. The van der Waals surface area contributed by atoms with Gasteiger partial charge in [-0.25, -0.2) is 4.79 Å². The van der Waals surface area contributed by atoms with Crippen LogP contribution in [0.2, 0.25) is 0 Å². The first-order chi connectivity index (χ1) is 11.4. The number of rotatable bonds is 4. The molecule has 1 N–H and O–H groups in total. The Bertz CT molecular complexity index is 780. The van der Waals surface area contributed by atoms with Gasteiger partial charge in [-0.15, -0.1) is 0 Å². The maximum absolute atomic E-state index is 12.0. The minimum atomic E-state index is -0.599. The minimum Gasteiger partial charge on any atom is -0.369 e. The van der Waals surface area contributed by atoms with Gasteiger partial charge in [0.25, 0.3) is 5.56 Å². The third kappa shape index (κ3) is 3.49. The van der Waals surface area contributed by atoms with Gasteiger partial charge in [-0.2, -0.15) is 5.26 Å². The van der Waals surface area contributed by atoms with Crippen molar-refractivity contribution in [2.75, 3.05) is 44.6 Å². The zero-order valence-electron chi connectivity index (χ0n) is 14.2. The molecule has 1 aliphatic rings. The molecule has 1 aromatic rings. The fraction of sp³-hybridized carbons (Fsp3) is 0.600. The van der Waals surface area contributed by atoms with Crippen molar-refractivity contribution in [3.05, 3.63) is 26.4 Å². The van der Waals surface area contributed by atoms with E-state index in [2.05, 4.69) is 10.2 Å². The summed E-state index contributed by atoms with van der Waals surface area (Å²) in [6.45, 7) is 5.71. The second kappa shape index (κ2) is 7.31. The van der Waals surface area contributed by atoms with E-state index in [1.807, 2.05) is 11.0 Å². The number of hydrogen-bond donors (Lipinski definition) is 1. The Morgan fingerprint density at radius 2 is 1.79 bits per heavy atom. The topological polar surface area (TPSA) is 103 Å². The molecule has 130 valence electrons. The van der Waals surface area contributed by atoms with E-state index in [1.165, 1.54) is 18.7 Å². The van der Waals surface area contributed by atoms with E-state index >= 15 is 0 Å². The standard InChI is InChI=1S/C15H22N6O3/c1-11(22)21-8-6-20(7-9-21)5-4-17-13-12(10-16)14(23)19(3)15(24)18(13)2/h17H,4-9H2,1-3H3. The van der Waals surface area contributed by atoms with E-state index < -0.39 is 11.2 Å². The zero-order valence-corrected chi connectivity index (χ0v) is 14.2. The smallest absolute Gasteiger partial charge is 0.332 e. The molecule has 9 heteroatoms. The highest BCUT2D eigenvalue weighted by atomic mass is 16.2. The number of anilines is 1. The quantitative estimate of drug-likeness (QED) is 0.721. The van der Waals surface area contributed by atoms with E-state index in [-0.39, 0.29) is 17.3 Å². The van der Waals surface area contributed by atoms with Crippen LogP contribution in [0.3, 0.4) is 0 Å². The van der Waals surface area contributed by atoms with Gasteiger partial charge in [0, 0.05) is 60.3 Å². The Hall–Kier alpha value is -2.60. The highest BCUT2D eigenvalue weighted by molar-refractivity contribution is 5.73. The molecule has 2 heterocycles. The summed E-state index contributed by atoms with van der Waals surface area (Å²) in [5.41, 5.74) is -1.14. The first-order valence-electron chi connectivity index (χ1n) is 7.78. The normalized spacial score (nSPS) is 15.2. The van der Waals surface area contributed by atoms with Gasteiger partial charge in [-0.1, -0.05) is 0 Å². The molecule has 0 atom stereocenters. The molecule has 0 radical (unpaired) electrons. The number of aromatic nitrogens is 2. The molecule has 0 bridgehead atoms. The summed E-state index contributed by atoms with van der Waals surface area (Å²) in [4.78, 5) is 39.3. The Morgan fingerprint density at radius 1 is 1.17 bits per heavy atom. The van der Waals surface area contributed by atoms with Crippen molar-refractivity contribution >= 4 is 11.7 Å². The molecule has 1 aromatic heterocycles. The zero-order chi connectivity index (χ0) is 17.9. The van der Waals surface area contributed by atoms with E-state index in [0.717, 1.165) is 17.7 Å². The van der Waals surface area contributed by atoms with Crippen LogP contribution in [0, 0.1) is 11.3 Å². The van der Waals surface area contributed by atoms with Crippen LogP contribution in [-0.4, -0.2) is 64.1 Å². The number of nitriles is 1. The van der Waals surface area contributed by atoms with Gasteiger partial charge in [-0.05, 0) is 0 Å². The van der Waals surface area contributed by atoms with E-state index in [1.54, 1.807) is 6.92 Å². The summed E-state index contributed by atoms with van der Waals surface area (Å²) >= 11 is 0. The van der Waals surface area contributed by atoms with E-state index in [4.69, 9.17) is 0 Å². The Kier molecular flexibility index (Phi) is 5.41. The maximum atomic E-state index is 12.0. The molecule has 1 amide bonds. The van der Waals surface area contributed by atoms with Crippen LogP contribution in [0.4, 0.5) is 5.82 Å². The summed E-state index contributed by atoms with van der Waals surface area (Å²) in [5, 5.41) is 12.2. The number of hydrogen-bond acceptors (Lipinski definition) is 6. The number of carbonyl (C=O) groups is 1. The first-order valence-corrected chi connectivity index (χ1v) is 7.78. The number of nitrogens with one attached hydrogen (secondary N) is 1. The summed E-state index contributed by atoms with van der Waals surface area (Å²) < 4.78 is 2.19. The minimum absolute atomic E-state index is 0.0685. The molecule has 9 nitrogen and oxygen atoms in total. The van der Waals surface area contributed by atoms with Crippen LogP contribution >= 0.6 is 0 Å². The molecule has 0 aromatic carbocycles. The van der Waals surface area contributed by atoms with Crippen LogP contribution in [0.5, 0.6) is 0 Å². The first kappa shape index (κ1) is 17.7. The fourth-order valence-corrected chi connectivity index (χ4v) is 2.77. The van der Waals surface area contributed by atoms with Crippen LogP contribution in [0.15, 0.2) is 9.59 Å². The third-order valence-corrected chi connectivity index (χ3v) is 4.31. The van der Waals surface area contributed by atoms with Gasteiger partial charge in [0.05, 0.1) is 0 Å². The van der Waals surface area contributed by atoms with Gasteiger partial charge in [0.1, 0.15) is 11.9 Å². The molecule has 1 fully saturated rings. The summed E-state index contributed by atoms with van der Waals surface area (Å²) in [6.07, 6.45) is 0. The molecule has 0 unspecified atom stereocenters. The molecular weight excluding hydrogens is 312 g/mol. The second-order valence-corrected chi connectivity index (χ2v) is 5.82. The number of piperazine rings is 1. The van der Waals surface area contributed by atoms with E-state index in [9.17, 15) is 19.6 Å². The summed E-state index contributed by atoms with van der Waals surface area (Å²) in [7, 11) is 2.88. The van der Waals surface area contributed by atoms with Crippen molar-refractivity contribution in [2.24, 2.45) is 14.1 Å². The highest BCUT2D eigenvalue weighted by Gasteiger charge is 2.19. The van der Waals surface area contributed by atoms with Gasteiger partial charge >= 0.3 is 5.69 Å². The molecule has 1 aliphatic heterocycles. The molecule has 0 spiro atoms. The van der Waals surface area contributed by atoms with E-state index in [0.29, 0.717) is 26.2 Å². The molecule has 0 saturated carbocycles. The third-order valence-electron chi connectivity index (χ3n) is 4.31. The van der Waals surface area contributed by atoms with Gasteiger partial charge in [0.2, 0.25) is 5.91 Å². The van der Waals surface area contributed by atoms with Crippen LogP contribution in [-0.2, 0) is 18.9 Å². The van der Waals surface area contributed by atoms with Crippen molar-refractivity contribution in [1.82, 2.24) is 18.9 Å². The lowest BCUT2D eigenvalue weighted by atomic mass is 10.3. The van der Waals surface area contributed by atoms with Crippen LogP contribution in [0.25, 0.3) is 0 Å². The lowest BCUT2D eigenvalue weighted by molar-refractivity contribution is -0.130. The highest BCUT2D eigenvalue weighted by Crippen LogP contribution is 2.07. The van der Waals surface area contributed by atoms with Crippen molar-refractivity contribution in [3.63, 3.8) is 0 Å². The molecular formula is C15H22N6O3. The molecule has 1 saturated heterocycles. The Labute approximate surface area is 139 Å². The average molecular weight is 334 g/mol. The molecule has 24 heavy (non-hydrogen) atoms. The van der Waals surface area contributed by atoms with Gasteiger partial charge < -0.3 is 10.2 Å². The van der Waals surface area contributed by atoms with Crippen molar-refractivity contribution in [1.29, 1.82) is 5.26 Å². The lowest BCUT2D eigenvalue weighted by Gasteiger charge is -2.34. The predicted octanol–water partition coefficient (Wildman–Crippen LogP) is -1.47. The largest absolute Gasteiger partial charge is 0.369 e. The van der Waals surface area contributed by atoms with Crippen LogP contribution in [0.1, 0.15) is 12.5 Å². The average Bonchev–Trinajstić information content (AvgIpc) is 2.58. The predicted molar refractivity (Wildman–Crippen MR) is 88.8 cm³/mol. The summed E-state index contributed by atoms with van der Waals surface area (Å²) in [6, 6.07) is 1.87. The number of amides is 1. The molecule has 0 aliphatic carbocycles. The SMILES string of the molecule is CC(=O)N1CCN(CCNc2c(C#N)c(=O)n(C)c(=O)n2C)CC1. The Balaban J connectivity index is 2.01. The van der Waals surface area contributed by atoms with Crippen molar-refractivity contribution < 1.29 is 4.79 Å². The van der Waals surface area contributed by atoms with Crippen molar-refractivity contribution in [3.8, 4) is 6.07 Å².